The maximum atomic E-state index is 14.6. The van der Waals surface area contributed by atoms with Gasteiger partial charge in [0.2, 0.25) is 0 Å². The Morgan fingerprint density at radius 2 is 1.80 bits per heavy atom. The van der Waals surface area contributed by atoms with Gasteiger partial charge in [-0.2, -0.15) is 8.78 Å². The van der Waals surface area contributed by atoms with Gasteiger partial charge < -0.3 is 13.7 Å². The lowest BCUT2D eigenvalue weighted by molar-refractivity contribution is -0.0562. The van der Waals surface area contributed by atoms with Gasteiger partial charge in [-0.3, -0.25) is 10.3 Å². The maximum Gasteiger partial charge on any atom is 0.387 e. The van der Waals surface area contributed by atoms with Crippen molar-refractivity contribution in [2.45, 2.75) is 100 Å². The molecule has 0 radical (unpaired) electrons. The Morgan fingerprint density at radius 1 is 1.20 bits per heavy atom. The normalized spacial score (nSPS) is 14.0. The number of alkyl halides is 2. The van der Waals surface area contributed by atoms with Gasteiger partial charge in [0.15, 0.2) is 11.6 Å². The minimum Gasteiger partial charge on any atom is -0.432 e. The Balaban J connectivity index is 0.000000839. The Bertz CT molecular complexity index is 1410. The lowest BCUT2D eigenvalue weighted by atomic mass is 10.1. The summed E-state index contributed by atoms with van der Waals surface area (Å²) in [5.41, 5.74) is 3.98. The summed E-state index contributed by atoms with van der Waals surface area (Å²) >= 11 is 0. The maximum absolute atomic E-state index is 14.6. The zero-order valence-electron chi connectivity index (χ0n) is 25.2. The second kappa shape index (κ2) is 13.9. The van der Waals surface area contributed by atoms with Crippen LogP contribution in [0.15, 0.2) is 39.2 Å². The molecule has 3 aromatic rings. The van der Waals surface area contributed by atoms with E-state index < -0.39 is 29.4 Å². The minimum absolute atomic E-state index is 0.164. The number of aromatic nitrogens is 1. The average Bonchev–Trinajstić information content (AvgIpc) is 3.57. The summed E-state index contributed by atoms with van der Waals surface area (Å²) < 4.78 is 51.8. The molecule has 1 aromatic carbocycles. The van der Waals surface area contributed by atoms with Gasteiger partial charge in [-0.25, -0.2) is 9.18 Å². The van der Waals surface area contributed by atoms with E-state index in [4.69, 9.17) is 9.25 Å². The van der Waals surface area contributed by atoms with Gasteiger partial charge in [-0.1, -0.05) is 39.7 Å². The summed E-state index contributed by atoms with van der Waals surface area (Å²) in [6, 6.07) is 2.03. The van der Waals surface area contributed by atoms with Gasteiger partial charge in [0, 0.05) is 23.1 Å². The van der Waals surface area contributed by atoms with Crippen molar-refractivity contribution in [3.8, 4) is 5.75 Å². The quantitative estimate of drug-likeness (QED) is 0.229. The van der Waals surface area contributed by atoms with Crippen LogP contribution in [0.3, 0.4) is 0 Å². The Kier molecular flexibility index (Phi) is 11.5. The minimum atomic E-state index is -3.18. The Hall–Kier alpha value is -3.20. The van der Waals surface area contributed by atoms with Gasteiger partial charge in [-0.15, -0.1) is 0 Å². The number of allylic oxidation sites excluding steroid dienone is 2. The number of hydroxylamine groups is 1. The van der Waals surface area contributed by atoms with Crippen molar-refractivity contribution in [3.05, 3.63) is 57.5 Å². The topological polar surface area (TPSA) is 65.6 Å². The van der Waals surface area contributed by atoms with E-state index in [1.165, 1.54) is 18.9 Å². The number of nitrogens with zero attached hydrogens (tertiary/aromatic N) is 1. The summed E-state index contributed by atoms with van der Waals surface area (Å²) in [5.74, 6) is -0.146. The average molecular weight is 565 g/mol. The van der Waals surface area contributed by atoms with E-state index in [-0.39, 0.29) is 16.8 Å². The first-order valence-electron chi connectivity index (χ1n) is 13.8. The molecule has 0 amide bonds. The van der Waals surface area contributed by atoms with Crippen molar-refractivity contribution >= 4 is 27.9 Å². The number of aryl methyl sites for hydroxylation is 1. The highest BCUT2D eigenvalue weighted by Gasteiger charge is 2.24. The molecule has 1 N–H and O–H groups in total. The van der Waals surface area contributed by atoms with Crippen LogP contribution in [0.5, 0.6) is 5.75 Å². The first-order chi connectivity index (χ1) is 18.7. The Morgan fingerprint density at radius 3 is 2.27 bits per heavy atom. The molecule has 2 heterocycles. The van der Waals surface area contributed by atoms with E-state index >= 15 is 0 Å². The fraction of sp³-hybridized carbons (Fsp3) is 0.516. The number of halogens is 3. The lowest BCUT2D eigenvalue weighted by Gasteiger charge is -2.20. The number of hydrogen-bond donors (Lipinski definition) is 1. The highest BCUT2D eigenvalue weighted by Crippen LogP contribution is 2.37. The van der Waals surface area contributed by atoms with Crippen LogP contribution < -0.4 is 15.8 Å². The van der Waals surface area contributed by atoms with Crippen molar-refractivity contribution in [3.63, 3.8) is 0 Å². The van der Waals surface area contributed by atoms with Crippen LogP contribution in [-0.4, -0.2) is 16.8 Å². The zero-order chi connectivity index (χ0) is 30.4. The van der Waals surface area contributed by atoms with Gasteiger partial charge in [-0.05, 0) is 72.6 Å². The van der Waals surface area contributed by atoms with Crippen molar-refractivity contribution < 1.29 is 27.2 Å². The molecule has 1 fully saturated rings. The second-order valence-corrected chi connectivity index (χ2v) is 10.8. The van der Waals surface area contributed by atoms with Crippen molar-refractivity contribution in [1.29, 1.82) is 0 Å². The molecule has 9 heteroatoms. The predicted octanol–water partition coefficient (Wildman–Crippen LogP) is 9.06. The van der Waals surface area contributed by atoms with Crippen LogP contribution in [0.2, 0.25) is 0 Å². The molecule has 0 aliphatic heterocycles. The number of rotatable bonds is 7. The molecule has 0 unspecified atom stereocenters. The van der Waals surface area contributed by atoms with E-state index in [1.54, 1.807) is 23.6 Å². The second-order valence-electron chi connectivity index (χ2n) is 10.8. The van der Waals surface area contributed by atoms with Crippen LogP contribution in [0, 0.1) is 18.7 Å². The van der Waals surface area contributed by atoms with Crippen molar-refractivity contribution in [1.82, 2.24) is 10.0 Å². The third-order valence-corrected chi connectivity index (χ3v) is 5.96. The van der Waals surface area contributed by atoms with E-state index in [2.05, 4.69) is 17.1 Å². The van der Waals surface area contributed by atoms with Crippen LogP contribution in [-0.2, 0) is 4.84 Å². The van der Waals surface area contributed by atoms with Crippen LogP contribution in [0.4, 0.5) is 13.2 Å². The third-order valence-electron chi connectivity index (χ3n) is 5.96. The molecular weight excluding hydrogens is 521 g/mol. The first-order valence-corrected chi connectivity index (χ1v) is 13.8. The number of fused-ring (bicyclic) bond motifs is 3. The fourth-order valence-corrected chi connectivity index (χ4v) is 3.85. The number of nitrogens with one attached hydrogen (secondary N) is 1. The SMILES string of the molecule is C/C=C(\C=C/c1c(C)oc(=O)c2c3cc(F)c(OC(F)F)cc3n(C(C)C)c12)NOC(C)(C)C.CC.CC1CC1. The number of ether oxygens (including phenoxy) is 1. The molecule has 6 nitrogen and oxygen atoms in total. The fourth-order valence-electron chi connectivity index (χ4n) is 3.85. The molecule has 222 valence electrons. The van der Waals surface area contributed by atoms with Gasteiger partial charge in [0.05, 0.1) is 27.7 Å². The third kappa shape index (κ3) is 8.40. The van der Waals surface area contributed by atoms with Crippen LogP contribution in [0.1, 0.15) is 92.5 Å². The van der Waals surface area contributed by atoms with E-state index in [0.717, 1.165) is 12.0 Å². The monoisotopic (exact) mass is 564 g/mol. The Labute approximate surface area is 234 Å². The molecular formula is C31H43F3N2O4. The highest BCUT2D eigenvalue weighted by atomic mass is 19.3. The molecule has 4 rings (SSSR count). The van der Waals surface area contributed by atoms with Crippen molar-refractivity contribution in [2.24, 2.45) is 5.92 Å². The number of benzene rings is 1. The van der Waals surface area contributed by atoms with E-state index in [1.807, 2.05) is 61.5 Å². The molecule has 0 bridgehead atoms. The number of hydrogen-bond acceptors (Lipinski definition) is 5. The van der Waals surface area contributed by atoms with Gasteiger partial charge >= 0.3 is 12.2 Å². The molecule has 2 aromatic heterocycles. The van der Waals surface area contributed by atoms with Crippen LogP contribution in [0.25, 0.3) is 27.9 Å². The predicted molar refractivity (Wildman–Crippen MR) is 156 cm³/mol. The summed E-state index contributed by atoms with van der Waals surface area (Å²) in [6.07, 6.45) is 8.32. The van der Waals surface area contributed by atoms with Gasteiger partial charge in [0.1, 0.15) is 5.76 Å². The molecule has 0 saturated heterocycles. The molecule has 1 aliphatic rings. The molecule has 1 aliphatic carbocycles. The summed E-state index contributed by atoms with van der Waals surface area (Å²) in [6.45, 7) is 16.1. The summed E-state index contributed by atoms with van der Waals surface area (Å²) in [7, 11) is 0. The molecule has 40 heavy (non-hydrogen) atoms. The molecule has 0 spiro atoms. The summed E-state index contributed by atoms with van der Waals surface area (Å²) in [4.78, 5) is 18.5. The van der Waals surface area contributed by atoms with Crippen LogP contribution >= 0.6 is 0 Å². The molecule has 1 saturated carbocycles. The lowest BCUT2D eigenvalue weighted by Crippen LogP contribution is -2.28. The largest absolute Gasteiger partial charge is 0.432 e. The smallest absolute Gasteiger partial charge is 0.387 e. The summed E-state index contributed by atoms with van der Waals surface area (Å²) in [5, 5.41) is 0.420. The van der Waals surface area contributed by atoms with Gasteiger partial charge in [0.25, 0.3) is 0 Å². The van der Waals surface area contributed by atoms with Crippen molar-refractivity contribution in [2.75, 3.05) is 0 Å². The van der Waals surface area contributed by atoms with E-state index in [0.29, 0.717) is 28.1 Å². The molecule has 0 atom stereocenters. The standard InChI is InChI=1S/C25H29F3N2O4.C4H8.C2H6/c1-8-15(29-34-25(5,6)7)9-10-16-14(4)32-23(31)21-17-11-18(26)20(33-24(27)28)12-19(17)30(13(2)3)22(16)21;1-4-2-3-4;1-2/h8-13,24,29H,1-7H3;4H,2-3H2,1H3;1-2H3/b10-9-,15-8+;;. The zero-order valence-corrected chi connectivity index (χ0v) is 25.2. The first kappa shape index (κ1) is 33.0. The highest BCUT2D eigenvalue weighted by molar-refractivity contribution is 6.10. The van der Waals surface area contributed by atoms with E-state index in [9.17, 15) is 18.0 Å².